The molecule has 0 bridgehead atoms. The number of nitrogens with zero attached hydrogens (tertiary/aromatic N) is 1. The Morgan fingerprint density at radius 2 is 1.78 bits per heavy atom. The van der Waals surface area contributed by atoms with Crippen molar-refractivity contribution >= 4 is 11.8 Å². The van der Waals surface area contributed by atoms with Gasteiger partial charge in [-0.2, -0.15) is 0 Å². The summed E-state index contributed by atoms with van der Waals surface area (Å²) in [6.07, 6.45) is 1.38. The highest BCUT2D eigenvalue weighted by Crippen LogP contribution is 2.55. The molecule has 0 radical (unpaired) electrons. The lowest BCUT2D eigenvalue weighted by Crippen LogP contribution is -2.35. The van der Waals surface area contributed by atoms with E-state index in [0.29, 0.717) is 18.5 Å². The van der Waals surface area contributed by atoms with Crippen LogP contribution < -0.4 is 0 Å². The van der Waals surface area contributed by atoms with Crippen molar-refractivity contribution in [3.05, 3.63) is 59.5 Å². The molecule has 0 amide bonds. The maximum atomic E-state index is 12.6. The van der Waals surface area contributed by atoms with Gasteiger partial charge >= 0.3 is 5.97 Å². The second-order valence-corrected chi connectivity index (χ2v) is 5.88. The summed E-state index contributed by atoms with van der Waals surface area (Å²) in [5.41, 5.74) is 1.31. The largest absolute Gasteiger partial charge is 0.509 e. The molecule has 1 aliphatic heterocycles. The number of hydrogen-bond acceptors (Lipinski definition) is 4. The molecule has 1 saturated carbocycles. The summed E-state index contributed by atoms with van der Waals surface area (Å²) >= 11 is 0. The predicted octanol–water partition coefficient (Wildman–Crippen LogP) is 2.83. The Balaban J connectivity index is 1.95. The smallest absolute Gasteiger partial charge is 0.345 e. The molecule has 4 rings (SSSR count). The van der Waals surface area contributed by atoms with Crippen LogP contribution in [0.4, 0.5) is 0 Å². The fraction of sp³-hybridized carbons (Fsp3) is 0.222. The van der Waals surface area contributed by atoms with E-state index in [1.165, 1.54) is 7.11 Å². The molecule has 1 N–H and O–H groups in total. The van der Waals surface area contributed by atoms with Gasteiger partial charge in [0.1, 0.15) is 16.9 Å². The van der Waals surface area contributed by atoms with E-state index in [0.717, 1.165) is 11.3 Å². The van der Waals surface area contributed by atoms with Gasteiger partial charge in [0.25, 0.3) is 0 Å². The minimum absolute atomic E-state index is 0.171. The molecule has 1 aliphatic carbocycles. The van der Waals surface area contributed by atoms with Gasteiger partial charge in [-0.15, -0.1) is 0 Å². The minimum atomic E-state index is -0.785. The molecule has 23 heavy (non-hydrogen) atoms. The van der Waals surface area contributed by atoms with Crippen molar-refractivity contribution in [1.29, 1.82) is 0 Å². The van der Waals surface area contributed by atoms with E-state index in [1.54, 1.807) is 6.07 Å². The van der Waals surface area contributed by atoms with Gasteiger partial charge in [-0.25, -0.2) is 4.79 Å². The number of aliphatic hydroxyl groups excluding tert-OH is 1. The number of ether oxygens (including phenoxy) is 1. The zero-order chi connectivity index (χ0) is 16.2. The molecular formula is C18H15NO4. The van der Waals surface area contributed by atoms with Crippen LogP contribution in [0, 0.1) is 0 Å². The van der Waals surface area contributed by atoms with Crippen LogP contribution in [0.3, 0.4) is 0 Å². The minimum Gasteiger partial charge on any atom is -0.509 e. The molecule has 0 saturated heterocycles. The number of rotatable bonds is 2. The second-order valence-electron chi connectivity index (χ2n) is 5.88. The van der Waals surface area contributed by atoms with E-state index in [4.69, 9.17) is 0 Å². The highest BCUT2D eigenvalue weighted by atomic mass is 16.5. The number of hydrogen-bond donors (Lipinski definition) is 1. The summed E-state index contributed by atoms with van der Waals surface area (Å²) in [6, 6.07) is 13.3. The van der Waals surface area contributed by atoms with Gasteiger partial charge in [0.05, 0.1) is 12.8 Å². The van der Waals surface area contributed by atoms with E-state index >= 15 is 0 Å². The molecule has 1 aromatic heterocycles. The normalized spacial score (nSPS) is 18.0. The third kappa shape index (κ3) is 1.73. The summed E-state index contributed by atoms with van der Waals surface area (Å²) in [7, 11) is 1.21. The summed E-state index contributed by atoms with van der Waals surface area (Å²) in [5, 5.41) is 10.6. The van der Waals surface area contributed by atoms with Crippen LogP contribution in [-0.2, 0) is 15.1 Å². The standard InChI is InChI=1S/C18H15NO4/c1-23-17(22)14-15(20)13-8-7-12(11-5-3-2-4-6-11)19(13)18(9-10-18)16(14)21/h2-8,21H,9-10H2,1H3. The SMILES string of the molecule is COC(=O)C1=C(O)C2(CC2)n2c(ccc2-c2ccccc2)C1=O. The molecule has 2 aliphatic rings. The van der Waals surface area contributed by atoms with Crippen LogP contribution in [0.2, 0.25) is 0 Å². The van der Waals surface area contributed by atoms with Crippen molar-refractivity contribution in [3.63, 3.8) is 0 Å². The highest BCUT2D eigenvalue weighted by Gasteiger charge is 2.56. The molecular weight excluding hydrogens is 294 g/mol. The van der Waals surface area contributed by atoms with Crippen molar-refractivity contribution in [2.45, 2.75) is 18.4 Å². The van der Waals surface area contributed by atoms with Crippen LogP contribution in [0.15, 0.2) is 53.8 Å². The summed E-state index contributed by atoms with van der Waals surface area (Å²) in [6.45, 7) is 0. The van der Waals surface area contributed by atoms with Crippen LogP contribution in [-0.4, -0.2) is 28.5 Å². The Bertz CT molecular complexity index is 856. The van der Waals surface area contributed by atoms with Crippen LogP contribution in [0.25, 0.3) is 11.3 Å². The van der Waals surface area contributed by atoms with Crippen LogP contribution >= 0.6 is 0 Å². The Hall–Kier alpha value is -2.82. The van der Waals surface area contributed by atoms with E-state index in [-0.39, 0.29) is 11.3 Å². The van der Waals surface area contributed by atoms with E-state index in [9.17, 15) is 14.7 Å². The summed E-state index contributed by atoms with van der Waals surface area (Å²) in [4.78, 5) is 24.6. The number of carbonyl (C=O) groups excluding carboxylic acids is 2. The number of aromatic nitrogens is 1. The first-order valence-electron chi connectivity index (χ1n) is 7.44. The third-order valence-electron chi connectivity index (χ3n) is 4.63. The Morgan fingerprint density at radius 1 is 1.13 bits per heavy atom. The molecule has 5 nitrogen and oxygen atoms in total. The summed E-state index contributed by atoms with van der Waals surface area (Å²) < 4.78 is 6.54. The Labute approximate surface area is 132 Å². The van der Waals surface area contributed by atoms with E-state index < -0.39 is 17.3 Å². The summed E-state index contributed by atoms with van der Waals surface area (Å²) in [5.74, 6) is -1.45. The number of allylic oxidation sites excluding steroid dienone is 1. The van der Waals surface area contributed by atoms with Crippen LogP contribution in [0.1, 0.15) is 23.3 Å². The van der Waals surface area contributed by atoms with Gasteiger partial charge in [-0.05, 0) is 30.5 Å². The molecule has 0 atom stereocenters. The first kappa shape index (κ1) is 13.8. The quantitative estimate of drug-likeness (QED) is 0.684. The number of methoxy groups -OCH3 is 1. The number of esters is 1. The predicted molar refractivity (Wildman–Crippen MR) is 83.1 cm³/mol. The molecule has 2 heterocycles. The van der Waals surface area contributed by atoms with Crippen molar-refractivity contribution in [2.24, 2.45) is 0 Å². The highest BCUT2D eigenvalue weighted by molar-refractivity contribution is 6.25. The molecule has 2 aromatic rings. The number of aliphatic hydroxyl groups is 1. The average molecular weight is 309 g/mol. The van der Waals surface area contributed by atoms with Crippen molar-refractivity contribution in [3.8, 4) is 11.3 Å². The van der Waals surface area contributed by atoms with E-state index in [2.05, 4.69) is 4.74 Å². The number of fused-ring (bicyclic) bond motifs is 2. The first-order valence-corrected chi connectivity index (χ1v) is 7.44. The van der Waals surface area contributed by atoms with Gasteiger partial charge in [-0.1, -0.05) is 30.3 Å². The zero-order valence-electron chi connectivity index (χ0n) is 12.6. The van der Waals surface area contributed by atoms with E-state index in [1.807, 2.05) is 41.0 Å². The van der Waals surface area contributed by atoms with Crippen molar-refractivity contribution < 1.29 is 19.4 Å². The van der Waals surface area contributed by atoms with Gasteiger partial charge in [0, 0.05) is 5.69 Å². The lowest BCUT2D eigenvalue weighted by atomic mass is 9.96. The maximum Gasteiger partial charge on any atom is 0.345 e. The fourth-order valence-corrected chi connectivity index (χ4v) is 3.35. The average Bonchev–Trinajstić information content (AvgIpc) is 3.25. The van der Waals surface area contributed by atoms with Gasteiger partial charge in [0.2, 0.25) is 5.78 Å². The number of carbonyl (C=O) groups is 2. The lowest BCUT2D eigenvalue weighted by Gasteiger charge is -2.28. The molecule has 1 spiro atoms. The maximum absolute atomic E-state index is 12.6. The molecule has 0 unspecified atom stereocenters. The molecule has 1 aromatic carbocycles. The Morgan fingerprint density at radius 3 is 2.39 bits per heavy atom. The lowest BCUT2D eigenvalue weighted by molar-refractivity contribution is -0.136. The third-order valence-corrected chi connectivity index (χ3v) is 4.63. The van der Waals surface area contributed by atoms with Gasteiger partial charge < -0.3 is 14.4 Å². The van der Waals surface area contributed by atoms with Crippen molar-refractivity contribution in [2.75, 3.05) is 7.11 Å². The molecule has 5 heteroatoms. The monoisotopic (exact) mass is 309 g/mol. The molecule has 1 fully saturated rings. The first-order chi connectivity index (χ1) is 11.1. The molecule has 116 valence electrons. The Kier molecular flexibility index (Phi) is 2.75. The number of Topliss-reactive ketones (excluding diaryl/α,β-unsaturated/α-hetero) is 1. The topological polar surface area (TPSA) is 68.5 Å². The second kappa shape index (κ2) is 4.59. The van der Waals surface area contributed by atoms with Gasteiger partial charge in [-0.3, -0.25) is 4.79 Å². The van der Waals surface area contributed by atoms with Gasteiger partial charge in [0.15, 0.2) is 0 Å². The number of benzene rings is 1. The fourth-order valence-electron chi connectivity index (χ4n) is 3.35. The van der Waals surface area contributed by atoms with Crippen LogP contribution in [0.5, 0.6) is 0 Å². The van der Waals surface area contributed by atoms with Crippen molar-refractivity contribution in [1.82, 2.24) is 4.57 Å². The number of ketones is 1. The zero-order valence-corrected chi connectivity index (χ0v) is 12.6.